The first-order valence-electron chi connectivity index (χ1n) is 17.0. The van der Waals surface area contributed by atoms with E-state index in [1.54, 1.807) is 73.9 Å². The van der Waals surface area contributed by atoms with Gasteiger partial charge in [-0.1, -0.05) is 75.4 Å². The van der Waals surface area contributed by atoms with Crippen molar-refractivity contribution in [2.24, 2.45) is 5.92 Å². The van der Waals surface area contributed by atoms with Gasteiger partial charge in [-0.25, -0.2) is 4.79 Å². The Kier molecular flexibility index (Phi) is 14.2. The van der Waals surface area contributed by atoms with E-state index in [-0.39, 0.29) is 30.4 Å². The number of aliphatic carboxylic acids is 1. The summed E-state index contributed by atoms with van der Waals surface area (Å²) in [6, 6.07) is 20.6. The number of esters is 1. The van der Waals surface area contributed by atoms with Gasteiger partial charge in [0.25, 0.3) is 5.91 Å². The van der Waals surface area contributed by atoms with E-state index in [0.717, 1.165) is 30.4 Å². The Morgan fingerprint density at radius 1 is 0.900 bits per heavy atom. The molecular formula is C40H46N2O8. The second-order valence-corrected chi connectivity index (χ2v) is 12.4. The van der Waals surface area contributed by atoms with Crippen molar-refractivity contribution in [3.63, 3.8) is 0 Å². The Balaban J connectivity index is 1.35. The highest BCUT2D eigenvalue weighted by Crippen LogP contribution is 2.29. The molecule has 0 spiro atoms. The average Bonchev–Trinajstić information content (AvgIpc) is 3.11. The maximum atomic E-state index is 13.4. The fourth-order valence-electron chi connectivity index (χ4n) is 5.61. The predicted molar refractivity (Wildman–Crippen MR) is 191 cm³/mol. The average molecular weight is 683 g/mol. The maximum Gasteiger partial charge on any atom is 0.347 e. The lowest BCUT2D eigenvalue weighted by atomic mass is 9.93. The van der Waals surface area contributed by atoms with Crippen LogP contribution in [0.25, 0.3) is 0 Å². The highest BCUT2D eigenvalue weighted by molar-refractivity contribution is 5.97. The molecule has 0 radical (unpaired) electrons. The summed E-state index contributed by atoms with van der Waals surface area (Å²) in [5.74, 6) is -0.845. The van der Waals surface area contributed by atoms with E-state index in [1.807, 2.05) is 25.1 Å². The quantitative estimate of drug-likeness (QED) is 0.104. The van der Waals surface area contributed by atoms with Crippen molar-refractivity contribution in [1.82, 2.24) is 4.90 Å². The second-order valence-electron chi connectivity index (χ2n) is 12.4. The van der Waals surface area contributed by atoms with E-state index in [2.05, 4.69) is 12.2 Å². The predicted octanol–water partition coefficient (Wildman–Crippen LogP) is 7.46. The molecule has 1 unspecified atom stereocenters. The number of carboxylic acids is 1. The summed E-state index contributed by atoms with van der Waals surface area (Å²) in [5, 5.41) is 12.4. The van der Waals surface area contributed by atoms with Gasteiger partial charge in [-0.3, -0.25) is 14.4 Å². The highest BCUT2D eigenvalue weighted by Gasteiger charge is 2.25. The van der Waals surface area contributed by atoms with Crippen LogP contribution < -0.4 is 14.8 Å². The second kappa shape index (κ2) is 19.0. The summed E-state index contributed by atoms with van der Waals surface area (Å²) >= 11 is 0. The van der Waals surface area contributed by atoms with Crippen molar-refractivity contribution >= 4 is 29.4 Å². The summed E-state index contributed by atoms with van der Waals surface area (Å²) in [6.07, 6.45) is 9.63. The van der Waals surface area contributed by atoms with Gasteiger partial charge in [-0.15, -0.1) is 0 Å². The first-order valence-corrected chi connectivity index (χ1v) is 17.0. The Bertz CT molecular complexity index is 1680. The van der Waals surface area contributed by atoms with Gasteiger partial charge in [-0.2, -0.15) is 0 Å². The lowest BCUT2D eigenvalue weighted by Crippen LogP contribution is -2.37. The number of hydrogen-bond acceptors (Lipinski definition) is 7. The van der Waals surface area contributed by atoms with E-state index >= 15 is 0 Å². The molecule has 0 saturated heterocycles. The molecule has 0 heterocycles. The fraction of sp³-hybridized carbons (Fsp3) is 0.350. The van der Waals surface area contributed by atoms with Gasteiger partial charge in [0.05, 0.1) is 20.1 Å². The Morgan fingerprint density at radius 3 is 2.30 bits per heavy atom. The largest absolute Gasteiger partial charge is 0.497 e. The van der Waals surface area contributed by atoms with Crippen LogP contribution in [0.5, 0.6) is 11.5 Å². The van der Waals surface area contributed by atoms with E-state index in [4.69, 9.17) is 14.2 Å². The normalized spacial score (nSPS) is 13.8. The SMILES string of the molecule is CCCCCCCOc1ccccc1C(=O)OC1=CC=C(CN(CC(=O)O)C(=O)c2ccc(NC(=O)Cc3ccc(OC)cc3)cc2)CC1C. The molecule has 2 amide bonds. The number of carbonyl (C=O) groups is 4. The van der Waals surface area contributed by atoms with Gasteiger partial charge in [0.1, 0.15) is 29.4 Å². The van der Waals surface area contributed by atoms with Crippen molar-refractivity contribution in [3.05, 3.63) is 113 Å². The standard InChI is InChI=1S/C40H46N2O8/c1-4-5-6-7-10-23-49-36-12-9-8-11-34(36)40(47)50-35-22-15-30(24-28(35)2)26-42(27-38(44)45)39(46)31-16-18-32(19-17-31)41-37(43)25-29-13-20-33(48-3)21-14-29/h8-9,11-22,28H,4-7,10,23-27H2,1-3H3,(H,41,43)(H,44,45). The van der Waals surface area contributed by atoms with Crippen LogP contribution in [0, 0.1) is 5.92 Å². The molecule has 4 rings (SSSR count). The number of benzene rings is 3. The number of carboxylic acid groups (broad SMARTS) is 1. The molecule has 0 aromatic heterocycles. The number of unbranched alkanes of at least 4 members (excludes halogenated alkanes) is 4. The van der Waals surface area contributed by atoms with Gasteiger partial charge >= 0.3 is 11.9 Å². The zero-order valence-corrected chi connectivity index (χ0v) is 29.0. The fourth-order valence-corrected chi connectivity index (χ4v) is 5.61. The molecule has 264 valence electrons. The Hall–Kier alpha value is -5.38. The molecule has 0 bridgehead atoms. The molecule has 10 heteroatoms. The maximum absolute atomic E-state index is 13.4. The number of para-hydroxylation sites is 1. The van der Waals surface area contributed by atoms with Crippen LogP contribution in [0.1, 0.15) is 78.7 Å². The third-order valence-electron chi connectivity index (χ3n) is 8.31. The zero-order chi connectivity index (χ0) is 35.9. The van der Waals surface area contributed by atoms with Gasteiger partial charge in [0, 0.05) is 23.7 Å². The van der Waals surface area contributed by atoms with Crippen molar-refractivity contribution < 1.29 is 38.5 Å². The summed E-state index contributed by atoms with van der Waals surface area (Å²) < 4.78 is 16.9. The van der Waals surface area contributed by atoms with E-state index in [1.165, 1.54) is 17.7 Å². The minimum Gasteiger partial charge on any atom is -0.497 e. The number of ether oxygens (including phenoxy) is 3. The highest BCUT2D eigenvalue weighted by atomic mass is 16.5. The first kappa shape index (κ1) is 37.4. The number of nitrogens with one attached hydrogen (secondary N) is 1. The minimum atomic E-state index is -1.14. The number of methoxy groups -OCH3 is 1. The molecule has 0 fully saturated rings. The molecule has 1 aliphatic rings. The molecule has 1 aliphatic carbocycles. The number of anilines is 1. The van der Waals surface area contributed by atoms with Gasteiger partial charge in [0.15, 0.2) is 0 Å². The van der Waals surface area contributed by atoms with Crippen LogP contribution in [0.15, 0.2) is 96.3 Å². The third kappa shape index (κ3) is 11.4. The number of amides is 2. The number of hydrogen-bond donors (Lipinski definition) is 2. The molecule has 3 aromatic carbocycles. The Labute approximate surface area is 293 Å². The lowest BCUT2D eigenvalue weighted by molar-refractivity contribution is -0.137. The molecule has 1 atom stereocenters. The van der Waals surface area contributed by atoms with E-state index in [9.17, 15) is 24.3 Å². The molecule has 0 aliphatic heterocycles. The smallest absolute Gasteiger partial charge is 0.347 e. The van der Waals surface area contributed by atoms with Crippen LogP contribution >= 0.6 is 0 Å². The van der Waals surface area contributed by atoms with Gasteiger partial charge in [-0.05, 0) is 73.0 Å². The van der Waals surface area contributed by atoms with Crippen LogP contribution in [0.4, 0.5) is 5.69 Å². The van der Waals surface area contributed by atoms with Crippen molar-refractivity contribution in [3.8, 4) is 11.5 Å². The molecule has 50 heavy (non-hydrogen) atoms. The van der Waals surface area contributed by atoms with Gasteiger partial charge < -0.3 is 29.5 Å². The molecule has 3 aromatic rings. The van der Waals surface area contributed by atoms with Crippen LogP contribution in [0.2, 0.25) is 0 Å². The lowest BCUT2D eigenvalue weighted by Gasteiger charge is -2.26. The zero-order valence-electron chi connectivity index (χ0n) is 29.0. The Morgan fingerprint density at radius 2 is 1.62 bits per heavy atom. The van der Waals surface area contributed by atoms with Crippen LogP contribution in [0.3, 0.4) is 0 Å². The number of nitrogens with zero attached hydrogens (tertiary/aromatic N) is 1. The number of allylic oxidation sites excluding steroid dienone is 3. The summed E-state index contributed by atoms with van der Waals surface area (Å²) in [7, 11) is 1.58. The third-order valence-corrected chi connectivity index (χ3v) is 8.31. The van der Waals surface area contributed by atoms with Crippen molar-refractivity contribution in [2.75, 3.05) is 32.1 Å². The van der Waals surface area contributed by atoms with Crippen molar-refractivity contribution in [2.45, 2.75) is 58.8 Å². The van der Waals surface area contributed by atoms with E-state index in [0.29, 0.717) is 41.5 Å². The molecular weight excluding hydrogens is 636 g/mol. The molecule has 10 nitrogen and oxygen atoms in total. The number of rotatable bonds is 18. The minimum absolute atomic E-state index is 0.0858. The first-order chi connectivity index (χ1) is 24.2. The summed E-state index contributed by atoms with van der Waals surface area (Å²) in [5.41, 5.74) is 2.80. The molecule has 0 saturated carbocycles. The van der Waals surface area contributed by atoms with Crippen LogP contribution in [-0.4, -0.2) is 60.6 Å². The monoisotopic (exact) mass is 682 g/mol. The van der Waals surface area contributed by atoms with Gasteiger partial charge in [0.2, 0.25) is 5.91 Å². The van der Waals surface area contributed by atoms with E-state index < -0.39 is 24.4 Å². The summed E-state index contributed by atoms with van der Waals surface area (Å²) in [6.45, 7) is 4.20. The van der Waals surface area contributed by atoms with Crippen molar-refractivity contribution in [1.29, 1.82) is 0 Å². The molecule has 2 N–H and O–H groups in total. The van der Waals surface area contributed by atoms with Crippen LogP contribution in [-0.2, 0) is 20.7 Å². The topological polar surface area (TPSA) is 131 Å². The number of carbonyl (C=O) groups excluding carboxylic acids is 3. The summed E-state index contributed by atoms with van der Waals surface area (Å²) in [4.78, 5) is 52.1.